The lowest BCUT2D eigenvalue weighted by atomic mass is 9.94. The summed E-state index contributed by atoms with van der Waals surface area (Å²) in [6.07, 6.45) is 3.04. The minimum absolute atomic E-state index is 0.104. The standard InChI is InChI=1S/C21H24N2O4S/c1-21(2)12-11-15-14-18(9-10-19(15)27-21)28(25,26)22-16-5-7-17(8-6-16)23-13-3-4-20(23)24/h5-10,14,22H,3-4,11-13H2,1-2H3. The number of fused-ring (bicyclic) bond motifs is 1. The molecule has 2 aliphatic heterocycles. The molecule has 0 atom stereocenters. The summed E-state index contributed by atoms with van der Waals surface area (Å²) in [5, 5.41) is 0. The Kier molecular flexibility index (Phi) is 4.57. The smallest absolute Gasteiger partial charge is 0.261 e. The summed E-state index contributed by atoms with van der Waals surface area (Å²) < 4.78 is 34.1. The van der Waals surface area contributed by atoms with E-state index in [0.29, 0.717) is 18.7 Å². The molecule has 7 heteroatoms. The van der Waals surface area contributed by atoms with Crippen molar-refractivity contribution in [2.45, 2.75) is 50.0 Å². The van der Waals surface area contributed by atoms with Crippen molar-refractivity contribution in [2.75, 3.05) is 16.2 Å². The quantitative estimate of drug-likeness (QED) is 0.849. The zero-order chi connectivity index (χ0) is 19.9. The predicted molar refractivity (Wildman–Crippen MR) is 108 cm³/mol. The van der Waals surface area contributed by atoms with Crippen molar-refractivity contribution in [3.05, 3.63) is 48.0 Å². The molecule has 1 N–H and O–H groups in total. The predicted octanol–water partition coefficient (Wildman–Crippen LogP) is 3.72. The second kappa shape index (κ2) is 6.81. The number of nitrogens with zero attached hydrogens (tertiary/aromatic N) is 1. The maximum absolute atomic E-state index is 12.8. The van der Waals surface area contributed by atoms with Crippen LogP contribution in [0.2, 0.25) is 0 Å². The summed E-state index contributed by atoms with van der Waals surface area (Å²) in [6, 6.07) is 11.9. The Bertz CT molecular complexity index is 1010. The highest BCUT2D eigenvalue weighted by Crippen LogP contribution is 2.34. The van der Waals surface area contributed by atoms with Crippen molar-refractivity contribution in [1.82, 2.24) is 0 Å². The average molecular weight is 401 g/mol. The number of amides is 1. The Morgan fingerprint density at radius 1 is 1.07 bits per heavy atom. The van der Waals surface area contributed by atoms with Gasteiger partial charge in [-0.1, -0.05) is 0 Å². The van der Waals surface area contributed by atoms with E-state index in [-0.39, 0.29) is 16.4 Å². The van der Waals surface area contributed by atoms with Crippen LogP contribution in [0, 0.1) is 0 Å². The fraction of sp³-hybridized carbons (Fsp3) is 0.381. The van der Waals surface area contributed by atoms with Gasteiger partial charge in [-0.2, -0.15) is 0 Å². The number of hydrogen-bond acceptors (Lipinski definition) is 4. The lowest BCUT2D eigenvalue weighted by Crippen LogP contribution is -2.32. The van der Waals surface area contributed by atoms with Crippen molar-refractivity contribution in [1.29, 1.82) is 0 Å². The summed E-state index contributed by atoms with van der Waals surface area (Å²) in [6.45, 7) is 4.76. The number of nitrogens with one attached hydrogen (secondary N) is 1. The van der Waals surface area contributed by atoms with Gasteiger partial charge in [0.1, 0.15) is 11.4 Å². The van der Waals surface area contributed by atoms with Crippen LogP contribution in [0.5, 0.6) is 5.75 Å². The molecular formula is C21H24N2O4S. The first-order valence-corrected chi connectivity index (χ1v) is 11.0. The summed E-state index contributed by atoms with van der Waals surface area (Å²) in [5.74, 6) is 0.850. The Hall–Kier alpha value is -2.54. The van der Waals surface area contributed by atoms with Crippen molar-refractivity contribution >= 4 is 27.3 Å². The number of sulfonamides is 1. The Morgan fingerprint density at radius 3 is 2.50 bits per heavy atom. The maximum Gasteiger partial charge on any atom is 0.261 e. The minimum Gasteiger partial charge on any atom is -0.488 e. The van der Waals surface area contributed by atoms with Crippen LogP contribution >= 0.6 is 0 Å². The lowest BCUT2D eigenvalue weighted by molar-refractivity contribution is -0.117. The first-order chi connectivity index (χ1) is 13.2. The summed E-state index contributed by atoms with van der Waals surface area (Å²) >= 11 is 0. The molecule has 0 spiro atoms. The SMILES string of the molecule is CC1(C)CCc2cc(S(=O)(=O)Nc3ccc(N4CCCC4=O)cc3)ccc2O1. The van der Waals surface area contributed by atoms with Crippen molar-refractivity contribution in [2.24, 2.45) is 0 Å². The van der Waals surface area contributed by atoms with Crippen LogP contribution in [0.3, 0.4) is 0 Å². The molecule has 0 bridgehead atoms. The molecule has 4 rings (SSSR count). The lowest BCUT2D eigenvalue weighted by Gasteiger charge is -2.32. The number of rotatable bonds is 4. The Balaban J connectivity index is 1.52. The van der Waals surface area contributed by atoms with Crippen molar-refractivity contribution in [3.8, 4) is 5.75 Å². The van der Waals surface area contributed by atoms with Gasteiger partial charge in [-0.3, -0.25) is 9.52 Å². The molecule has 1 amide bonds. The van der Waals surface area contributed by atoms with Gasteiger partial charge >= 0.3 is 0 Å². The second-order valence-corrected chi connectivity index (χ2v) is 9.61. The van der Waals surface area contributed by atoms with E-state index in [4.69, 9.17) is 4.74 Å². The van der Waals surface area contributed by atoms with Crippen LogP contribution in [0.25, 0.3) is 0 Å². The van der Waals surface area contributed by atoms with E-state index in [1.165, 1.54) is 0 Å². The van der Waals surface area contributed by atoms with Gasteiger partial charge < -0.3 is 9.64 Å². The third-order valence-corrected chi connectivity index (χ3v) is 6.61. The topological polar surface area (TPSA) is 75.7 Å². The molecule has 0 unspecified atom stereocenters. The molecule has 2 aromatic carbocycles. The highest BCUT2D eigenvalue weighted by Gasteiger charge is 2.28. The van der Waals surface area contributed by atoms with Crippen LogP contribution in [0.4, 0.5) is 11.4 Å². The van der Waals surface area contributed by atoms with E-state index in [9.17, 15) is 13.2 Å². The van der Waals surface area contributed by atoms with Gasteiger partial charge in [-0.05, 0) is 81.1 Å². The Labute approximate surface area is 165 Å². The van der Waals surface area contributed by atoms with E-state index >= 15 is 0 Å². The Morgan fingerprint density at radius 2 is 1.82 bits per heavy atom. The van der Waals surface area contributed by atoms with Gasteiger partial charge in [0.15, 0.2) is 0 Å². The number of aryl methyl sites for hydroxylation is 1. The van der Waals surface area contributed by atoms with E-state index in [1.54, 1.807) is 47.4 Å². The molecule has 2 heterocycles. The van der Waals surface area contributed by atoms with Gasteiger partial charge in [0, 0.05) is 24.3 Å². The van der Waals surface area contributed by atoms with Gasteiger partial charge in [0.2, 0.25) is 5.91 Å². The molecule has 148 valence electrons. The number of anilines is 2. The number of hydrogen-bond donors (Lipinski definition) is 1. The van der Waals surface area contributed by atoms with Crippen molar-refractivity contribution < 1.29 is 17.9 Å². The highest BCUT2D eigenvalue weighted by molar-refractivity contribution is 7.92. The molecule has 0 aliphatic carbocycles. The molecule has 0 aromatic heterocycles. The molecular weight excluding hydrogens is 376 g/mol. The van der Waals surface area contributed by atoms with E-state index < -0.39 is 10.0 Å². The molecule has 0 radical (unpaired) electrons. The molecule has 6 nitrogen and oxygen atoms in total. The normalized spacial score (nSPS) is 18.5. The van der Waals surface area contributed by atoms with Gasteiger partial charge in [-0.25, -0.2) is 8.42 Å². The third-order valence-electron chi connectivity index (χ3n) is 5.23. The fourth-order valence-corrected chi connectivity index (χ4v) is 4.76. The van der Waals surface area contributed by atoms with Crippen LogP contribution in [-0.2, 0) is 21.2 Å². The number of carbonyl (C=O) groups excluding carboxylic acids is 1. The molecule has 28 heavy (non-hydrogen) atoms. The van der Waals surface area contributed by atoms with Crippen LogP contribution in [0.15, 0.2) is 47.4 Å². The van der Waals surface area contributed by atoms with E-state index in [2.05, 4.69) is 4.72 Å². The van der Waals surface area contributed by atoms with E-state index in [0.717, 1.165) is 36.3 Å². The van der Waals surface area contributed by atoms with E-state index in [1.807, 2.05) is 13.8 Å². The molecule has 1 fully saturated rings. The van der Waals surface area contributed by atoms with Crippen LogP contribution in [-0.4, -0.2) is 26.5 Å². The van der Waals surface area contributed by atoms with Crippen LogP contribution in [0.1, 0.15) is 38.7 Å². The monoisotopic (exact) mass is 400 g/mol. The number of benzene rings is 2. The summed E-state index contributed by atoms with van der Waals surface area (Å²) in [7, 11) is -3.70. The first-order valence-electron chi connectivity index (χ1n) is 9.49. The molecule has 0 saturated carbocycles. The van der Waals surface area contributed by atoms with Crippen molar-refractivity contribution in [3.63, 3.8) is 0 Å². The van der Waals surface area contributed by atoms with Crippen LogP contribution < -0.4 is 14.4 Å². The third kappa shape index (κ3) is 3.71. The average Bonchev–Trinajstić information content (AvgIpc) is 3.07. The first kappa shape index (κ1) is 18.8. The molecule has 1 saturated heterocycles. The number of ether oxygens (including phenoxy) is 1. The zero-order valence-corrected chi connectivity index (χ0v) is 16.9. The van der Waals surface area contributed by atoms with Gasteiger partial charge in [0.25, 0.3) is 10.0 Å². The summed E-state index contributed by atoms with van der Waals surface area (Å²) in [4.78, 5) is 13.8. The maximum atomic E-state index is 12.8. The summed E-state index contributed by atoms with van der Waals surface area (Å²) in [5.41, 5.74) is 1.93. The number of carbonyl (C=O) groups is 1. The molecule has 2 aliphatic rings. The second-order valence-electron chi connectivity index (χ2n) is 7.93. The van der Waals surface area contributed by atoms with Gasteiger partial charge in [0.05, 0.1) is 4.90 Å². The highest BCUT2D eigenvalue weighted by atomic mass is 32.2. The zero-order valence-electron chi connectivity index (χ0n) is 16.1. The minimum atomic E-state index is -3.70. The van der Waals surface area contributed by atoms with Gasteiger partial charge in [-0.15, -0.1) is 0 Å². The largest absolute Gasteiger partial charge is 0.488 e. The molecule has 2 aromatic rings. The fourth-order valence-electron chi connectivity index (χ4n) is 3.65.